The molecule has 0 aliphatic rings. The van der Waals surface area contributed by atoms with Crippen molar-refractivity contribution in [3.05, 3.63) is 35.4 Å². The van der Waals surface area contributed by atoms with Crippen LogP contribution in [0.25, 0.3) is 0 Å². The van der Waals surface area contributed by atoms with Gasteiger partial charge in [-0.15, -0.1) is 0 Å². The molecular weight excluding hydrogens is 306 g/mol. The van der Waals surface area contributed by atoms with Gasteiger partial charge in [-0.1, -0.05) is 45.0 Å². The maximum absolute atomic E-state index is 11.7. The van der Waals surface area contributed by atoms with Crippen molar-refractivity contribution in [3.63, 3.8) is 0 Å². The summed E-state index contributed by atoms with van der Waals surface area (Å²) in [6.45, 7) is 9.93. The summed E-state index contributed by atoms with van der Waals surface area (Å²) < 4.78 is 0. The van der Waals surface area contributed by atoms with Gasteiger partial charge in [0.2, 0.25) is 5.91 Å². The van der Waals surface area contributed by atoms with E-state index in [-0.39, 0.29) is 23.8 Å². The second-order valence-electron chi connectivity index (χ2n) is 7.08. The normalized spacial score (nSPS) is 11.1. The van der Waals surface area contributed by atoms with Crippen molar-refractivity contribution in [2.24, 2.45) is 0 Å². The van der Waals surface area contributed by atoms with Crippen LogP contribution in [0.3, 0.4) is 0 Å². The lowest BCUT2D eigenvalue weighted by molar-refractivity contribution is -0.141. The Hall–Kier alpha value is -2.37. The number of rotatable bonds is 4. The minimum absolute atomic E-state index is 0.0940. The maximum Gasteiger partial charge on any atom is 0.327 e. The highest BCUT2D eigenvalue weighted by atomic mass is 16.2. The average molecular weight is 333 g/mol. The lowest BCUT2D eigenvalue weighted by Gasteiger charge is -2.19. The van der Waals surface area contributed by atoms with E-state index in [1.807, 2.05) is 12.1 Å². The van der Waals surface area contributed by atoms with Gasteiger partial charge < -0.3 is 5.32 Å². The first-order chi connectivity index (χ1) is 11.1. The predicted octanol–water partition coefficient (Wildman–Crippen LogP) is 1.59. The maximum atomic E-state index is 11.7. The van der Waals surface area contributed by atoms with Crippen LogP contribution in [0.2, 0.25) is 0 Å². The third-order valence-corrected chi connectivity index (χ3v) is 3.40. The molecule has 0 aliphatic carbocycles. The molecule has 3 amide bonds. The summed E-state index contributed by atoms with van der Waals surface area (Å²) in [4.78, 5) is 34.6. The molecule has 0 aliphatic heterocycles. The molecule has 0 atom stereocenters. The Morgan fingerprint density at radius 3 is 2.04 bits per heavy atom. The molecule has 132 valence electrons. The number of carbonyl (C=O) groups excluding carboxylic acids is 3. The molecule has 0 heterocycles. The summed E-state index contributed by atoms with van der Waals surface area (Å²) in [5, 5.41) is 2.44. The van der Waals surface area contributed by atoms with Crippen molar-refractivity contribution in [1.29, 1.82) is 0 Å². The van der Waals surface area contributed by atoms with E-state index in [1.165, 1.54) is 5.56 Å². The van der Waals surface area contributed by atoms with E-state index >= 15 is 0 Å². The fourth-order valence-corrected chi connectivity index (χ4v) is 2.00. The molecule has 1 rings (SSSR count). The Labute approximate surface area is 143 Å². The summed E-state index contributed by atoms with van der Waals surface area (Å²) in [5.74, 6) is -2.00. The van der Waals surface area contributed by atoms with Crippen molar-refractivity contribution in [2.75, 3.05) is 0 Å². The van der Waals surface area contributed by atoms with Crippen LogP contribution in [-0.2, 0) is 26.2 Å². The Morgan fingerprint density at radius 1 is 0.958 bits per heavy atom. The largest absolute Gasteiger partial charge is 0.346 e. The van der Waals surface area contributed by atoms with Crippen LogP contribution >= 0.6 is 0 Å². The van der Waals surface area contributed by atoms with Gasteiger partial charge in [0.05, 0.1) is 0 Å². The first kappa shape index (κ1) is 19.7. The molecule has 0 fully saturated rings. The highest BCUT2D eigenvalue weighted by molar-refractivity contribution is 6.35. The van der Waals surface area contributed by atoms with Gasteiger partial charge in [0.25, 0.3) is 0 Å². The number of hydrogen-bond donors (Lipinski definition) is 3. The van der Waals surface area contributed by atoms with Crippen LogP contribution in [0, 0.1) is 0 Å². The van der Waals surface area contributed by atoms with E-state index in [0.29, 0.717) is 6.42 Å². The van der Waals surface area contributed by atoms with E-state index in [1.54, 1.807) is 13.8 Å². The fourth-order valence-electron chi connectivity index (χ4n) is 2.00. The number of carbonyl (C=O) groups is 3. The quantitative estimate of drug-likeness (QED) is 0.577. The van der Waals surface area contributed by atoms with Gasteiger partial charge in [-0.05, 0) is 36.8 Å². The monoisotopic (exact) mass is 333 g/mol. The molecule has 0 saturated carbocycles. The van der Waals surface area contributed by atoms with Gasteiger partial charge in [0.15, 0.2) is 0 Å². The third kappa shape index (κ3) is 6.81. The summed E-state index contributed by atoms with van der Waals surface area (Å²) in [6, 6.07) is 7.98. The molecule has 0 bridgehead atoms. The summed E-state index contributed by atoms with van der Waals surface area (Å²) in [5.41, 5.74) is 6.72. The lowest BCUT2D eigenvalue weighted by Crippen LogP contribution is -2.49. The second-order valence-corrected chi connectivity index (χ2v) is 7.08. The van der Waals surface area contributed by atoms with Gasteiger partial charge in [-0.3, -0.25) is 25.2 Å². The molecule has 6 heteroatoms. The molecule has 0 saturated heterocycles. The highest BCUT2D eigenvalue weighted by Gasteiger charge is 2.15. The molecule has 1 aromatic carbocycles. The SMILES string of the molecule is CC(C)NC(=O)C(=O)NNC(=O)CCc1ccc(C(C)(C)C)cc1. The molecule has 0 radical (unpaired) electrons. The second kappa shape index (κ2) is 8.47. The molecule has 0 unspecified atom stereocenters. The van der Waals surface area contributed by atoms with Crippen molar-refractivity contribution in [2.45, 2.75) is 58.9 Å². The van der Waals surface area contributed by atoms with Crippen LogP contribution in [0.15, 0.2) is 24.3 Å². The molecule has 24 heavy (non-hydrogen) atoms. The standard InChI is InChI=1S/C18H27N3O3/c1-12(2)19-16(23)17(24)21-20-15(22)11-8-13-6-9-14(10-7-13)18(3,4)5/h6-7,9-10,12H,8,11H2,1-5H3,(H,19,23)(H,20,22)(H,21,24). The van der Waals surface area contributed by atoms with E-state index in [0.717, 1.165) is 5.56 Å². The average Bonchev–Trinajstić information content (AvgIpc) is 2.49. The van der Waals surface area contributed by atoms with Crippen LogP contribution in [0.4, 0.5) is 0 Å². The summed E-state index contributed by atoms with van der Waals surface area (Å²) >= 11 is 0. The van der Waals surface area contributed by atoms with Crippen molar-refractivity contribution in [1.82, 2.24) is 16.2 Å². The number of benzene rings is 1. The molecular formula is C18H27N3O3. The molecule has 0 aromatic heterocycles. The zero-order valence-electron chi connectivity index (χ0n) is 15.0. The zero-order valence-corrected chi connectivity index (χ0v) is 15.0. The van der Waals surface area contributed by atoms with Crippen molar-refractivity contribution in [3.8, 4) is 0 Å². The Bertz CT molecular complexity index is 587. The number of aryl methyl sites for hydroxylation is 1. The van der Waals surface area contributed by atoms with Crippen molar-refractivity contribution >= 4 is 17.7 Å². The van der Waals surface area contributed by atoms with Gasteiger partial charge in [0.1, 0.15) is 0 Å². The summed E-state index contributed by atoms with van der Waals surface area (Å²) in [7, 11) is 0. The van der Waals surface area contributed by atoms with Crippen LogP contribution in [-0.4, -0.2) is 23.8 Å². The minimum Gasteiger partial charge on any atom is -0.346 e. The van der Waals surface area contributed by atoms with Gasteiger partial charge in [-0.2, -0.15) is 0 Å². The van der Waals surface area contributed by atoms with Crippen molar-refractivity contribution < 1.29 is 14.4 Å². The topological polar surface area (TPSA) is 87.3 Å². The van der Waals surface area contributed by atoms with E-state index in [4.69, 9.17) is 0 Å². The molecule has 0 spiro atoms. The van der Waals surface area contributed by atoms with Gasteiger partial charge >= 0.3 is 11.8 Å². The zero-order chi connectivity index (χ0) is 18.3. The van der Waals surface area contributed by atoms with Crippen LogP contribution in [0.5, 0.6) is 0 Å². The highest BCUT2D eigenvalue weighted by Crippen LogP contribution is 2.22. The van der Waals surface area contributed by atoms with Crippen LogP contribution < -0.4 is 16.2 Å². The minimum atomic E-state index is -0.883. The fraction of sp³-hybridized carbons (Fsp3) is 0.500. The number of hydrogen-bond acceptors (Lipinski definition) is 3. The summed E-state index contributed by atoms with van der Waals surface area (Å²) in [6.07, 6.45) is 0.783. The number of amides is 3. The smallest absolute Gasteiger partial charge is 0.327 e. The van der Waals surface area contributed by atoms with E-state index in [2.05, 4.69) is 49.1 Å². The number of nitrogens with one attached hydrogen (secondary N) is 3. The Morgan fingerprint density at radius 2 is 1.54 bits per heavy atom. The van der Waals surface area contributed by atoms with E-state index in [9.17, 15) is 14.4 Å². The molecule has 1 aromatic rings. The molecule has 6 nitrogen and oxygen atoms in total. The first-order valence-electron chi connectivity index (χ1n) is 8.08. The number of hydrazine groups is 1. The van der Waals surface area contributed by atoms with Gasteiger partial charge in [-0.25, -0.2) is 0 Å². The Kier molecular flexibility index (Phi) is 6.95. The van der Waals surface area contributed by atoms with Crippen LogP contribution in [0.1, 0.15) is 52.2 Å². The molecule has 3 N–H and O–H groups in total. The van der Waals surface area contributed by atoms with E-state index < -0.39 is 11.8 Å². The Balaban J connectivity index is 2.39. The predicted molar refractivity (Wildman–Crippen MR) is 93.0 cm³/mol. The van der Waals surface area contributed by atoms with Gasteiger partial charge in [0, 0.05) is 12.5 Å². The lowest BCUT2D eigenvalue weighted by atomic mass is 9.86. The first-order valence-corrected chi connectivity index (χ1v) is 8.08. The third-order valence-electron chi connectivity index (χ3n) is 3.40.